The minimum absolute atomic E-state index is 0.0199. The quantitative estimate of drug-likeness (QED) is 0.0819. The molecule has 7 nitrogen and oxygen atoms in total. The van der Waals surface area contributed by atoms with Gasteiger partial charge in [-0.25, -0.2) is 0 Å². The number of quaternary nitrogens is 1. The van der Waals surface area contributed by atoms with E-state index in [2.05, 4.69) is 6.92 Å². The van der Waals surface area contributed by atoms with Gasteiger partial charge in [-0.05, 0) is 18.9 Å². The average molecular weight is 494 g/mol. The SMILES string of the molecule is CCCCCCCCCCCCCCC/C=C\OC[C@@H](O)COP(=O)([O-])OCC[N+](C)(C)C. The lowest BCUT2D eigenvalue weighted by molar-refractivity contribution is -0.870. The molecular weight excluding hydrogens is 441 g/mol. The number of hydrogen-bond acceptors (Lipinski definition) is 6. The van der Waals surface area contributed by atoms with Gasteiger partial charge in [-0.3, -0.25) is 4.57 Å². The Morgan fingerprint density at radius 2 is 1.36 bits per heavy atom. The van der Waals surface area contributed by atoms with Crippen molar-refractivity contribution < 1.29 is 32.8 Å². The van der Waals surface area contributed by atoms with Gasteiger partial charge in [0.05, 0.1) is 34.0 Å². The van der Waals surface area contributed by atoms with Crippen LogP contribution >= 0.6 is 7.82 Å². The van der Waals surface area contributed by atoms with E-state index < -0.39 is 13.9 Å². The third kappa shape index (κ3) is 26.0. The van der Waals surface area contributed by atoms with Crippen molar-refractivity contribution in [2.75, 3.05) is 47.5 Å². The van der Waals surface area contributed by atoms with Crippen LogP contribution in [0.1, 0.15) is 96.8 Å². The molecule has 0 aromatic carbocycles. The number of rotatable bonds is 24. The Kier molecular flexibility index (Phi) is 20.6. The highest BCUT2D eigenvalue weighted by Gasteiger charge is 2.15. The zero-order valence-corrected chi connectivity index (χ0v) is 22.7. The predicted molar refractivity (Wildman–Crippen MR) is 134 cm³/mol. The molecule has 0 saturated heterocycles. The normalized spacial score (nSPS) is 15.1. The van der Waals surface area contributed by atoms with Gasteiger partial charge in [0.15, 0.2) is 0 Å². The van der Waals surface area contributed by atoms with Crippen LogP contribution in [0.5, 0.6) is 0 Å². The molecule has 1 unspecified atom stereocenters. The molecule has 0 aromatic rings. The number of phosphoric ester groups is 1. The van der Waals surface area contributed by atoms with Gasteiger partial charge in [0.2, 0.25) is 0 Å². The number of ether oxygens (including phenoxy) is 1. The summed E-state index contributed by atoms with van der Waals surface area (Å²) in [5.74, 6) is 0. The van der Waals surface area contributed by atoms with Crippen LogP contribution in [0.4, 0.5) is 0 Å². The van der Waals surface area contributed by atoms with Crippen LogP contribution in [0.2, 0.25) is 0 Å². The first-order chi connectivity index (χ1) is 15.7. The number of allylic oxidation sites excluding steroid dienone is 1. The number of aliphatic hydroxyl groups excluding tert-OH is 1. The second-order valence-electron chi connectivity index (χ2n) is 9.98. The number of nitrogens with zero attached hydrogens (tertiary/aromatic N) is 1. The molecule has 2 atom stereocenters. The maximum Gasteiger partial charge on any atom is 0.268 e. The molecule has 33 heavy (non-hydrogen) atoms. The highest BCUT2D eigenvalue weighted by Crippen LogP contribution is 2.38. The van der Waals surface area contributed by atoms with Crippen LogP contribution < -0.4 is 4.89 Å². The summed E-state index contributed by atoms with van der Waals surface area (Å²) in [5, 5.41) is 9.79. The van der Waals surface area contributed by atoms with Gasteiger partial charge in [-0.1, -0.05) is 84.0 Å². The van der Waals surface area contributed by atoms with Crippen LogP contribution in [0, 0.1) is 0 Å². The Bertz CT molecular complexity index is 510. The summed E-state index contributed by atoms with van der Waals surface area (Å²) in [6.07, 6.45) is 20.8. The zero-order valence-electron chi connectivity index (χ0n) is 21.8. The number of likely N-dealkylation sites (N-methyl/N-ethyl adjacent to an activating group) is 1. The van der Waals surface area contributed by atoms with E-state index in [1.54, 1.807) is 6.26 Å². The van der Waals surface area contributed by atoms with E-state index in [9.17, 15) is 14.6 Å². The highest BCUT2D eigenvalue weighted by molar-refractivity contribution is 7.45. The lowest BCUT2D eigenvalue weighted by atomic mass is 10.0. The summed E-state index contributed by atoms with van der Waals surface area (Å²) < 4.78 is 27.0. The summed E-state index contributed by atoms with van der Waals surface area (Å²) in [6.45, 7) is 2.44. The van der Waals surface area contributed by atoms with Gasteiger partial charge in [-0.15, -0.1) is 0 Å². The molecular formula is C25H52NO6P. The molecule has 0 saturated carbocycles. The highest BCUT2D eigenvalue weighted by atomic mass is 31.2. The van der Waals surface area contributed by atoms with Crippen LogP contribution in [0.3, 0.4) is 0 Å². The Hall–Kier alpha value is -0.430. The first-order valence-corrected chi connectivity index (χ1v) is 14.5. The molecule has 0 aliphatic rings. The Balaban J connectivity index is 3.48. The van der Waals surface area contributed by atoms with E-state index in [0.717, 1.165) is 12.8 Å². The van der Waals surface area contributed by atoms with E-state index in [1.807, 2.05) is 27.2 Å². The Morgan fingerprint density at radius 3 is 1.88 bits per heavy atom. The zero-order chi connectivity index (χ0) is 24.8. The molecule has 0 aromatic heterocycles. The number of phosphoric acid groups is 1. The van der Waals surface area contributed by atoms with Crippen LogP contribution in [-0.2, 0) is 18.3 Å². The summed E-state index contributed by atoms with van der Waals surface area (Å²) in [7, 11) is 1.41. The molecule has 198 valence electrons. The summed E-state index contributed by atoms with van der Waals surface area (Å²) in [5.41, 5.74) is 0. The van der Waals surface area contributed by atoms with E-state index in [-0.39, 0.29) is 19.8 Å². The van der Waals surface area contributed by atoms with Crippen molar-refractivity contribution in [2.45, 2.75) is 103 Å². The fourth-order valence-electron chi connectivity index (χ4n) is 3.27. The third-order valence-electron chi connectivity index (χ3n) is 5.39. The molecule has 0 radical (unpaired) electrons. The monoisotopic (exact) mass is 493 g/mol. The maximum absolute atomic E-state index is 11.7. The lowest BCUT2D eigenvalue weighted by Crippen LogP contribution is -2.37. The fourth-order valence-corrected chi connectivity index (χ4v) is 4.01. The van der Waals surface area contributed by atoms with Crippen molar-refractivity contribution in [3.8, 4) is 0 Å². The van der Waals surface area contributed by atoms with Crippen molar-refractivity contribution in [3.05, 3.63) is 12.3 Å². The minimum atomic E-state index is -4.40. The number of unbranched alkanes of at least 4 members (excludes halogenated alkanes) is 13. The van der Waals surface area contributed by atoms with Gasteiger partial charge < -0.3 is 28.3 Å². The van der Waals surface area contributed by atoms with Crippen molar-refractivity contribution in [2.24, 2.45) is 0 Å². The number of hydrogen-bond donors (Lipinski definition) is 1. The molecule has 0 bridgehead atoms. The predicted octanol–water partition coefficient (Wildman–Crippen LogP) is 5.57. The molecule has 0 spiro atoms. The van der Waals surface area contributed by atoms with E-state index in [1.165, 1.54) is 77.0 Å². The van der Waals surface area contributed by atoms with E-state index >= 15 is 0 Å². The van der Waals surface area contributed by atoms with E-state index in [4.69, 9.17) is 13.8 Å². The largest absolute Gasteiger partial charge is 0.756 e. The average Bonchev–Trinajstić information content (AvgIpc) is 2.73. The van der Waals surface area contributed by atoms with Crippen molar-refractivity contribution in [1.82, 2.24) is 0 Å². The van der Waals surface area contributed by atoms with Gasteiger partial charge in [-0.2, -0.15) is 0 Å². The molecule has 8 heteroatoms. The molecule has 0 aliphatic carbocycles. The van der Waals surface area contributed by atoms with Crippen molar-refractivity contribution in [1.29, 1.82) is 0 Å². The van der Waals surface area contributed by atoms with Gasteiger partial charge in [0, 0.05) is 0 Å². The molecule has 0 aliphatic heterocycles. The fraction of sp³-hybridized carbons (Fsp3) is 0.920. The van der Waals surface area contributed by atoms with Crippen LogP contribution in [-0.4, -0.2) is 63.2 Å². The standard InChI is InChI=1S/C25H52NO6P/c1-5-6-7-8-9-10-11-12-13-14-15-16-17-18-19-21-30-23-25(27)24-32-33(28,29)31-22-20-26(2,3)4/h19,21,25,27H,5-18,20,22-24H2,1-4H3/b21-19-/t25-/m1/s1. The molecule has 0 rings (SSSR count). The topological polar surface area (TPSA) is 88.0 Å². The third-order valence-corrected chi connectivity index (χ3v) is 6.36. The molecule has 1 N–H and O–H groups in total. The second kappa shape index (κ2) is 20.9. The van der Waals surface area contributed by atoms with Crippen LogP contribution in [0.25, 0.3) is 0 Å². The minimum Gasteiger partial charge on any atom is -0.756 e. The van der Waals surface area contributed by atoms with Crippen LogP contribution in [0.15, 0.2) is 12.3 Å². The summed E-state index contributed by atoms with van der Waals surface area (Å²) in [4.78, 5) is 11.7. The lowest BCUT2D eigenvalue weighted by Gasteiger charge is -2.27. The van der Waals surface area contributed by atoms with Gasteiger partial charge in [0.25, 0.3) is 7.82 Å². The molecule has 0 fully saturated rings. The van der Waals surface area contributed by atoms with E-state index in [0.29, 0.717) is 11.0 Å². The summed E-state index contributed by atoms with van der Waals surface area (Å²) >= 11 is 0. The first-order valence-electron chi connectivity index (χ1n) is 13.0. The van der Waals surface area contributed by atoms with Gasteiger partial charge in [0.1, 0.15) is 25.9 Å². The van der Waals surface area contributed by atoms with Crippen molar-refractivity contribution >= 4 is 7.82 Å². The first kappa shape index (κ1) is 32.6. The Morgan fingerprint density at radius 1 is 0.848 bits per heavy atom. The molecule has 0 amide bonds. The second-order valence-corrected chi connectivity index (χ2v) is 11.4. The maximum atomic E-state index is 11.7. The van der Waals surface area contributed by atoms with Gasteiger partial charge >= 0.3 is 0 Å². The molecule has 0 heterocycles. The smallest absolute Gasteiger partial charge is 0.268 e. The Labute approximate surface area is 203 Å². The number of aliphatic hydroxyl groups is 1. The summed E-state index contributed by atoms with van der Waals surface area (Å²) in [6, 6.07) is 0. The van der Waals surface area contributed by atoms with Crippen molar-refractivity contribution in [3.63, 3.8) is 0 Å².